The number of aromatic nitrogens is 3. The lowest BCUT2D eigenvalue weighted by Crippen LogP contribution is -2.17. The summed E-state index contributed by atoms with van der Waals surface area (Å²) in [6.07, 6.45) is 3.70. The molecule has 0 saturated heterocycles. The Morgan fingerprint density at radius 1 is 1.03 bits per heavy atom. The number of pyridine rings is 1. The highest BCUT2D eigenvalue weighted by atomic mass is 35.5. The van der Waals surface area contributed by atoms with Gasteiger partial charge in [-0.25, -0.2) is 15.0 Å². The quantitative estimate of drug-likeness (QED) is 0.313. The Morgan fingerprint density at radius 3 is 2.33 bits per heavy atom. The monoisotopic (exact) mass is 468 g/mol. The van der Waals surface area contributed by atoms with Crippen LogP contribution in [0.1, 0.15) is 0 Å². The minimum absolute atomic E-state index is 0.345. The molecule has 11 heteroatoms. The molecule has 0 aliphatic rings. The van der Waals surface area contributed by atoms with Crippen molar-refractivity contribution in [3.8, 4) is 22.8 Å². The van der Waals surface area contributed by atoms with E-state index in [0.29, 0.717) is 56.6 Å². The predicted molar refractivity (Wildman–Crippen MR) is 125 cm³/mol. The van der Waals surface area contributed by atoms with Crippen LogP contribution in [0, 0.1) is 0 Å². The summed E-state index contributed by atoms with van der Waals surface area (Å²) < 4.78 is 14.0. The fourth-order valence-corrected chi connectivity index (χ4v) is 3.86. The molecule has 0 atom stereocenters. The zero-order chi connectivity index (χ0) is 21.7. The van der Waals surface area contributed by atoms with E-state index in [-0.39, 0.29) is 0 Å². The van der Waals surface area contributed by atoms with Crippen molar-refractivity contribution >= 4 is 57.8 Å². The lowest BCUT2D eigenvalue weighted by molar-refractivity contribution is 0.395. The summed E-state index contributed by atoms with van der Waals surface area (Å²) in [6, 6.07) is 3.48. The lowest BCUT2D eigenvalue weighted by Gasteiger charge is -2.16. The number of anilines is 2. The molecule has 0 amide bonds. The third kappa shape index (κ3) is 4.59. The lowest BCUT2D eigenvalue weighted by atomic mass is 10.1. The second-order valence-corrected chi connectivity index (χ2v) is 7.50. The Balaban J connectivity index is 2.20. The first kappa shape index (κ1) is 22.5. The molecule has 160 valence electrons. The number of nitrogens with zero attached hydrogens (tertiary/aromatic N) is 3. The second kappa shape index (κ2) is 10.2. The van der Waals surface area contributed by atoms with Crippen molar-refractivity contribution in [2.75, 3.05) is 51.2 Å². The van der Waals surface area contributed by atoms with Gasteiger partial charge in [-0.1, -0.05) is 35.1 Å². The fourth-order valence-electron chi connectivity index (χ4n) is 2.86. The molecule has 8 nitrogen and oxygen atoms in total. The number of ether oxygens (including phenoxy) is 2. The first-order valence-electron chi connectivity index (χ1n) is 8.99. The molecule has 2 heterocycles. The number of halogens is 2. The van der Waals surface area contributed by atoms with E-state index in [0.717, 1.165) is 11.9 Å². The van der Waals surface area contributed by atoms with Crippen LogP contribution < -0.4 is 24.8 Å². The zero-order valence-corrected chi connectivity index (χ0v) is 19.3. The molecule has 0 radical (unpaired) electrons. The number of hydrogen-bond donors (Lipinski definition) is 3. The number of benzene rings is 1. The summed E-state index contributed by atoms with van der Waals surface area (Å²) in [5, 5.41) is 7.75. The van der Waals surface area contributed by atoms with Crippen molar-refractivity contribution in [3.63, 3.8) is 0 Å². The van der Waals surface area contributed by atoms with Gasteiger partial charge in [-0.15, -0.1) is 0 Å². The molecule has 0 aliphatic carbocycles. The van der Waals surface area contributed by atoms with E-state index in [1.54, 1.807) is 31.3 Å². The van der Waals surface area contributed by atoms with Gasteiger partial charge in [0.1, 0.15) is 17.0 Å². The first-order chi connectivity index (χ1) is 14.5. The van der Waals surface area contributed by atoms with Crippen LogP contribution in [0.5, 0.6) is 11.5 Å². The van der Waals surface area contributed by atoms with Gasteiger partial charge in [0, 0.05) is 43.4 Å². The topological polar surface area (TPSA) is 93.2 Å². The Bertz CT molecular complexity index is 1030. The van der Waals surface area contributed by atoms with Crippen molar-refractivity contribution in [3.05, 3.63) is 28.4 Å². The van der Waals surface area contributed by atoms with Crippen LogP contribution in [0.3, 0.4) is 0 Å². The van der Waals surface area contributed by atoms with Gasteiger partial charge in [0.05, 0.1) is 30.0 Å². The Kier molecular flexibility index (Phi) is 7.65. The van der Waals surface area contributed by atoms with Gasteiger partial charge >= 0.3 is 0 Å². The molecule has 3 rings (SSSR count). The van der Waals surface area contributed by atoms with E-state index in [1.807, 2.05) is 12.3 Å². The summed E-state index contributed by atoms with van der Waals surface area (Å²) in [7, 11) is 4.83. The molecule has 0 aliphatic heterocycles. The third-order valence-corrected chi connectivity index (χ3v) is 5.53. The largest absolute Gasteiger partial charge is 0.495 e. The van der Waals surface area contributed by atoms with Crippen LogP contribution in [0.2, 0.25) is 10.0 Å². The molecule has 0 bridgehead atoms. The highest BCUT2D eigenvalue weighted by Crippen LogP contribution is 2.46. The maximum atomic E-state index is 6.60. The van der Waals surface area contributed by atoms with E-state index in [9.17, 15) is 0 Å². The second-order valence-electron chi connectivity index (χ2n) is 6.05. The minimum Gasteiger partial charge on any atom is -0.495 e. The summed E-state index contributed by atoms with van der Waals surface area (Å²) in [6.45, 7) is 1.39. The minimum atomic E-state index is 0.345. The van der Waals surface area contributed by atoms with E-state index in [4.69, 9.17) is 37.7 Å². The maximum Gasteiger partial charge on any atom is 0.223 e. The molecule has 3 aromatic rings. The van der Waals surface area contributed by atoms with Crippen molar-refractivity contribution < 1.29 is 9.47 Å². The van der Waals surface area contributed by atoms with Crippen LogP contribution >= 0.6 is 35.1 Å². The van der Waals surface area contributed by atoms with Gasteiger partial charge in [0.2, 0.25) is 5.95 Å². The van der Waals surface area contributed by atoms with E-state index < -0.39 is 0 Å². The Morgan fingerprint density at radius 2 is 1.73 bits per heavy atom. The summed E-state index contributed by atoms with van der Waals surface area (Å²) in [5.74, 6) is 1.98. The Labute approximate surface area is 189 Å². The predicted octanol–water partition coefficient (Wildman–Crippen LogP) is 4.34. The molecular formula is C19H22Cl2N6O2S. The molecule has 0 saturated carbocycles. The SMILES string of the molecule is CNc1ncc2cc(-c3c(Cl)c(OC)cc(OC)c3Cl)nc(NCCNSC)c2n1. The molecule has 0 fully saturated rings. The molecule has 30 heavy (non-hydrogen) atoms. The van der Waals surface area contributed by atoms with Crippen LogP contribution in [0.4, 0.5) is 11.8 Å². The van der Waals surface area contributed by atoms with Crippen molar-refractivity contribution in [1.82, 2.24) is 19.7 Å². The molecule has 3 N–H and O–H groups in total. The van der Waals surface area contributed by atoms with Gasteiger partial charge in [-0.05, 0) is 12.3 Å². The number of nitrogens with one attached hydrogen (secondary N) is 3. The van der Waals surface area contributed by atoms with Gasteiger partial charge in [-0.3, -0.25) is 4.72 Å². The molecular weight excluding hydrogens is 447 g/mol. The number of fused-ring (bicyclic) bond motifs is 1. The van der Waals surface area contributed by atoms with Crippen LogP contribution in [0.25, 0.3) is 22.2 Å². The van der Waals surface area contributed by atoms with Crippen molar-refractivity contribution in [2.45, 2.75) is 0 Å². The fraction of sp³-hybridized carbons (Fsp3) is 0.316. The smallest absolute Gasteiger partial charge is 0.223 e. The van der Waals surface area contributed by atoms with E-state index in [1.165, 1.54) is 14.2 Å². The van der Waals surface area contributed by atoms with Gasteiger partial charge in [-0.2, -0.15) is 0 Å². The number of hydrogen-bond acceptors (Lipinski definition) is 9. The van der Waals surface area contributed by atoms with Gasteiger partial charge in [0.15, 0.2) is 5.82 Å². The zero-order valence-electron chi connectivity index (χ0n) is 17.0. The van der Waals surface area contributed by atoms with Crippen molar-refractivity contribution in [2.24, 2.45) is 0 Å². The van der Waals surface area contributed by atoms with E-state index >= 15 is 0 Å². The molecule has 0 unspecified atom stereocenters. The standard InChI is InChI=1S/C19H22Cl2N6O2S/c1-22-19-24-9-10-7-11(26-18(17(10)27-19)23-5-6-25-30-4)14-15(20)12(28-2)8-13(29-3)16(14)21/h7-9,25H,5-6H2,1-4H3,(H,23,26)(H,22,24,27). The van der Waals surface area contributed by atoms with Crippen LogP contribution in [0.15, 0.2) is 18.3 Å². The van der Waals surface area contributed by atoms with Crippen LogP contribution in [-0.4, -0.2) is 55.6 Å². The highest BCUT2D eigenvalue weighted by Gasteiger charge is 2.21. The highest BCUT2D eigenvalue weighted by molar-refractivity contribution is 7.96. The average molecular weight is 469 g/mol. The van der Waals surface area contributed by atoms with Gasteiger partial charge in [0.25, 0.3) is 0 Å². The Hall–Kier alpha value is -2.20. The summed E-state index contributed by atoms with van der Waals surface area (Å²) >= 11 is 14.7. The maximum absolute atomic E-state index is 6.60. The summed E-state index contributed by atoms with van der Waals surface area (Å²) in [5.41, 5.74) is 1.75. The first-order valence-corrected chi connectivity index (χ1v) is 11.0. The molecule has 1 aromatic carbocycles. The van der Waals surface area contributed by atoms with E-state index in [2.05, 4.69) is 25.3 Å². The number of methoxy groups -OCH3 is 2. The normalized spacial score (nSPS) is 10.9. The van der Waals surface area contributed by atoms with Crippen LogP contribution in [-0.2, 0) is 0 Å². The molecule has 2 aromatic heterocycles. The average Bonchev–Trinajstić information content (AvgIpc) is 2.76. The number of rotatable bonds is 9. The third-order valence-electron chi connectivity index (χ3n) is 4.28. The molecule has 0 spiro atoms. The van der Waals surface area contributed by atoms with Gasteiger partial charge < -0.3 is 20.1 Å². The van der Waals surface area contributed by atoms with Crippen molar-refractivity contribution in [1.29, 1.82) is 0 Å². The summed E-state index contributed by atoms with van der Waals surface area (Å²) in [4.78, 5) is 13.6.